The van der Waals surface area contributed by atoms with E-state index in [4.69, 9.17) is 5.26 Å². The van der Waals surface area contributed by atoms with Crippen molar-refractivity contribution in [3.8, 4) is 6.07 Å². The van der Waals surface area contributed by atoms with Gasteiger partial charge >= 0.3 is 0 Å². The molecule has 0 saturated carbocycles. The summed E-state index contributed by atoms with van der Waals surface area (Å²) in [5.74, 6) is -0.131. The van der Waals surface area contributed by atoms with E-state index in [0.717, 1.165) is 0 Å². The second kappa shape index (κ2) is 8.40. The van der Waals surface area contributed by atoms with Gasteiger partial charge in [0, 0.05) is 25.6 Å². The summed E-state index contributed by atoms with van der Waals surface area (Å²) >= 11 is 0. The lowest BCUT2D eigenvalue weighted by molar-refractivity contribution is -0.116. The lowest BCUT2D eigenvalue weighted by Gasteiger charge is -2.27. The number of nitrogens with zero attached hydrogens (tertiary/aromatic N) is 2. The van der Waals surface area contributed by atoms with Crippen molar-refractivity contribution in [2.45, 2.75) is 39.3 Å². The lowest BCUT2D eigenvalue weighted by Crippen LogP contribution is -2.38. The zero-order chi connectivity index (χ0) is 15.8. The second-order valence-electron chi connectivity index (χ2n) is 5.39. The van der Waals surface area contributed by atoms with Crippen LogP contribution in [0.4, 0.5) is 5.69 Å². The van der Waals surface area contributed by atoms with Crippen LogP contribution in [0.25, 0.3) is 0 Å². The summed E-state index contributed by atoms with van der Waals surface area (Å²) < 4.78 is 0. The van der Waals surface area contributed by atoms with Gasteiger partial charge in [-0.1, -0.05) is 12.1 Å². The molecule has 0 aliphatic carbocycles. The van der Waals surface area contributed by atoms with Crippen molar-refractivity contribution < 1.29 is 9.90 Å². The summed E-state index contributed by atoms with van der Waals surface area (Å²) in [5, 5.41) is 21.2. The average molecular weight is 289 g/mol. The van der Waals surface area contributed by atoms with Crippen LogP contribution in [0.5, 0.6) is 0 Å². The van der Waals surface area contributed by atoms with Crippen molar-refractivity contribution in [1.29, 1.82) is 5.26 Å². The van der Waals surface area contributed by atoms with Gasteiger partial charge in [0.1, 0.15) is 6.07 Å². The topological polar surface area (TPSA) is 76.4 Å². The molecule has 0 radical (unpaired) electrons. The minimum Gasteiger partial charge on any atom is -0.392 e. The van der Waals surface area contributed by atoms with Gasteiger partial charge in [0.15, 0.2) is 0 Å². The quantitative estimate of drug-likeness (QED) is 0.804. The second-order valence-corrected chi connectivity index (χ2v) is 5.39. The number of amides is 1. The number of hydrogen-bond donors (Lipinski definition) is 2. The predicted molar refractivity (Wildman–Crippen MR) is 82.8 cm³/mol. The Balaban J connectivity index is 2.55. The van der Waals surface area contributed by atoms with Crippen molar-refractivity contribution in [2.24, 2.45) is 0 Å². The van der Waals surface area contributed by atoms with Gasteiger partial charge in [0.2, 0.25) is 5.91 Å². The fourth-order valence-electron chi connectivity index (χ4n) is 2.05. The summed E-state index contributed by atoms with van der Waals surface area (Å²) in [7, 11) is 0. The van der Waals surface area contributed by atoms with Gasteiger partial charge in [-0.2, -0.15) is 5.26 Å². The first-order valence-electron chi connectivity index (χ1n) is 7.15. The first kappa shape index (κ1) is 17.2. The van der Waals surface area contributed by atoms with Crippen LogP contribution in [0.3, 0.4) is 0 Å². The molecular weight excluding hydrogens is 266 g/mol. The van der Waals surface area contributed by atoms with E-state index in [-0.39, 0.29) is 11.9 Å². The maximum absolute atomic E-state index is 12.0. The molecule has 0 fully saturated rings. The van der Waals surface area contributed by atoms with Crippen LogP contribution in [0.15, 0.2) is 24.3 Å². The van der Waals surface area contributed by atoms with E-state index in [1.165, 1.54) is 0 Å². The molecule has 5 nitrogen and oxygen atoms in total. The fraction of sp³-hybridized carbons (Fsp3) is 0.500. The Kier molecular flexibility index (Phi) is 6.86. The number of hydrogen-bond acceptors (Lipinski definition) is 4. The van der Waals surface area contributed by atoms with E-state index in [0.29, 0.717) is 30.8 Å². The number of carbonyl (C=O) groups is 1. The molecule has 0 saturated heterocycles. The van der Waals surface area contributed by atoms with Crippen LogP contribution in [-0.2, 0) is 4.79 Å². The largest absolute Gasteiger partial charge is 0.392 e. The molecule has 5 heteroatoms. The first-order chi connectivity index (χ1) is 9.93. The Labute approximate surface area is 126 Å². The Morgan fingerprint density at radius 1 is 1.38 bits per heavy atom. The predicted octanol–water partition coefficient (Wildman–Crippen LogP) is 1.98. The van der Waals surface area contributed by atoms with E-state index in [2.05, 4.69) is 16.3 Å². The minimum atomic E-state index is -0.422. The molecule has 1 amide bonds. The summed E-state index contributed by atoms with van der Waals surface area (Å²) in [6.07, 6.45) is -0.0974. The molecule has 21 heavy (non-hydrogen) atoms. The lowest BCUT2D eigenvalue weighted by atomic mass is 10.2. The SMILES string of the molecule is CC(O)CN(CCC(=O)Nc1ccccc1C#N)C(C)C. The number of aliphatic hydroxyl groups excluding tert-OH is 1. The molecule has 0 heterocycles. The van der Waals surface area contributed by atoms with Crippen LogP contribution in [0, 0.1) is 11.3 Å². The molecule has 1 aromatic rings. The summed E-state index contributed by atoms with van der Waals surface area (Å²) in [4.78, 5) is 14.0. The number of para-hydroxylation sites is 1. The van der Waals surface area contributed by atoms with Gasteiger partial charge in [0.05, 0.1) is 17.4 Å². The van der Waals surface area contributed by atoms with Gasteiger partial charge in [0.25, 0.3) is 0 Å². The van der Waals surface area contributed by atoms with Crippen molar-refractivity contribution in [3.63, 3.8) is 0 Å². The van der Waals surface area contributed by atoms with Crippen LogP contribution < -0.4 is 5.32 Å². The molecule has 1 atom stereocenters. The molecular formula is C16H23N3O2. The number of anilines is 1. The van der Waals surface area contributed by atoms with Crippen LogP contribution in [-0.4, -0.2) is 41.1 Å². The summed E-state index contributed by atoms with van der Waals surface area (Å²) in [6.45, 7) is 6.91. The molecule has 0 aliphatic rings. The Hall–Kier alpha value is -1.90. The van der Waals surface area contributed by atoms with Crippen LogP contribution >= 0.6 is 0 Å². The van der Waals surface area contributed by atoms with Gasteiger partial charge < -0.3 is 10.4 Å². The number of rotatable bonds is 7. The highest BCUT2D eigenvalue weighted by molar-refractivity contribution is 5.92. The van der Waals surface area contributed by atoms with Crippen molar-refractivity contribution in [2.75, 3.05) is 18.4 Å². The maximum Gasteiger partial charge on any atom is 0.225 e. The minimum absolute atomic E-state index is 0.131. The van der Waals surface area contributed by atoms with Gasteiger partial charge in [-0.15, -0.1) is 0 Å². The number of aliphatic hydroxyl groups is 1. The normalized spacial score (nSPS) is 12.2. The highest BCUT2D eigenvalue weighted by Gasteiger charge is 2.14. The number of nitrogens with one attached hydrogen (secondary N) is 1. The Morgan fingerprint density at radius 3 is 2.62 bits per heavy atom. The van der Waals surface area contributed by atoms with Crippen molar-refractivity contribution in [1.82, 2.24) is 4.90 Å². The molecule has 0 spiro atoms. The maximum atomic E-state index is 12.0. The summed E-state index contributed by atoms with van der Waals surface area (Å²) in [6, 6.07) is 9.24. The monoisotopic (exact) mass is 289 g/mol. The van der Waals surface area contributed by atoms with Crippen molar-refractivity contribution in [3.05, 3.63) is 29.8 Å². The number of nitriles is 1. The highest BCUT2D eigenvalue weighted by atomic mass is 16.3. The number of benzene rings is 1. The third-order valence-corrected chi connectivity index (χ3v) is 3.18. The van der Waals surface area contributed by atoms with Gasteiger partial charge in [-0.05, 0) is 32.9 Å². The van der Waals surface area contributed by atoms with Gasteiger partial charge in [-0.3, -0.25) is 9.69 Å². The van der Waals surface area contributed by atoms with E-state index in [1.54, 1.807) is 31.2 Å². The zero-order valence-corrected chi connectivity index (χ0v) is 12.8. The third kappa shape index (κ3) is 5.94. The smallest absolute Gasteiger partial charge is 0.225 e. The average Bonchev–Trinajstić information content (AvgIpc) is 2.43. The van der Waals surface area contributed by atoms with E-state index in [9.17, 15) is 9.90 Å². The van der Waals surface area contributed by atoms with Crippen LogP contribution in [0.1, 0.15) is 32.8 Å². The van der Waals surface area contributed by atoms with Crippen molar-refractivity contribution >= 4 is 11.6 Å². The summed E-state index contributed by atoms with van der Waals surface area (Å²) in [5.41, 5.74) is 0.993. The molecule has 0 aromatic heterocycles. The Bertz CT molecular complexity index is 506. The fourth-order valence-corrected chi connectivity index (χ4v) is 2.05. The van der Waals surface area contributed by atoms with E-state index in [1.807, 2.05) is 13.8 Å². The zero-order valence-electron chi connectivity index (χ0n) is 12.8. The molecule has 1 rings (SSSR count). The Morgan fingerprint density at radius 2 is 2.05 bits per heavy atom. The molecule has 0 bridgehead atoms. The third-order valence-electron chi connectivity index (χ3n) is 3.18. The highest BCUT2D eigenvalue weighted by Crippen LogP contribution is 2.14. The molecule has 114 valence electrons. The molecule has 0 aliphatic heterocycles. The van der Waals surface area contributed by atoms with E-state index < -0.39 is 6.10 Å². The molecule has 1 aromatic carbocycles. The van der Waals surface area contributed by atoms with E-state index >= 15 is 0 Å². The van der Waals surface area contributed by atoms with Gasteiger partial charge in [-0.25, -0.2) is 0 Å². The standard InChI is InChI=1S/C16H23N3O2/c1-12(2)19(11-13(3)20)9-8-16(21)18-15-7-5-4-6-14(15)10-17/h4-7,12-13,20H,8-9,11H2,1-3H3,(H,18,21). The molecule has 1 unspecified atom stereocenters. The van der Waals surface area contributed by atoms with Crippen LogP contribution in [0.2, 0.25) is 0 Å². The number of carbonyl (C=O) groups excluding carboxylic acids is 1. The first-order valence-corrected chi connectivity index (χ1v) is 7.15. The molecule has 2 N–H and O–H groups in total.